The summed E-state index contributed by atoms with van der Waals surface area (Å²) >= 11 is 0. The number of aromatic nitrogens is 3. The Kier molecular flexibility index (Phi) is 6.71. The third-order valence-electron chi connectivity index (χ3n) is 4.86. The Balaban J connectivity index is 1.33. The Labute approximate surface area is 190 Å². The lowest BCUT2D eigenvalue weighted by Gasteiger charge is -2.08. The number of para-hydroxylation sites is 1. The van der Waals surface area contributed by atoms with Gasteiger partial charge in [0.25, 0.3) is 5.91 Å². The van der Waals surface area contributed by atoms with Crippen molar-refractivity contribution < 1.29 is 19.0 Å². The van der Waals surface area contributed by atoms with Gasteiger partial charge in [-0.05, 0) is 36.4 Å². The summed E-state index contributed by atoms with van der Waals surface area (Å²) in [5, 5.41) is 10.7. The lowest BCUT2D eigenvalue weighted by atomic mass is 10.1. The molecule has 0 spiro atoms. The summed E-state index contributed by atoms with van der Waals surface area (Å²) < 4.78 is 16.4. The number of carbonyl (C=O) groups is 1. The number of ether oxygens (including phenoxy) is 3. The number of methoxy groups -OCH3 is 2. The van der Waals surface area contributed by atoms with Crippen LogP contribution in [0.15, 0.2) is 60.8 Å². The highest BCUT2D eigenvalue weighted by atomic mass is 16.5. The standard InChI is InChI=1S/C25H22N4O4/c1-31-18-10-11-22(32-2)19(15-18)20-16-21(29-28-20)25(30)27-12-3-4-14-33-23-9-5-7-17-8-6-13-26-24(17)23/h5-11,13,15-16H,12,14H2,1-2H3,(H,27,30)(H,28,29). The number of aromatic amines is 1. The molecular weight excluding hydrogens is 420 g/mol. The van der Waals surface area contributed by atoms with E-state index >= 15 is 0 Å². The maximum absolute atomic E-state index is 12.4. The zero-order valence-electron chi connectivity index (χ0n) is 18.2. The first-order chi connectivity index (χ1) is 16.2. The lowest BCUT2D eigenvalue weighted by Crippen LogP contribution is -2.24. The first-order valence-corrected chi connectivity index (χ1v) is 10.2. The Morgan fingerprint density at radius 1 is 1.03 bits per heavy atom. The van der Waals surface area contributed by atoms with Crippen molar-refractivity contribution in [2.75, 3.05) is 27.4 Å². The molecule has 4 aromatic rings. The second-order valence-corrected chi connectivity index (χ2v) is 6.89. The highest BCUT2D eigenvalue weighted by Crippen LogP contribution is 2.32. The molecule has 33 heavy (non-hydrogen) atoms. The summed E-state index contributed by atoms with van der Waals surface area (Å²) in [4.78, 5) is 16.8. The van der Waals surface area contributed by atoms with Crippen molar-refractivity contribution >= 4 is 16.8 Å². The smallest absolute Gasteiger partial charge is 0.270 e. The van der Waals surface area contributed by atoms with E-state index in [1.807, 2.05) is 30.3 Å². The zero-order chi connectivity index (χ0) is 23.0. The molecule has 0 saturated heterocycles. The van der Waals surface area contributed by atoms with Gasteiger partial charge in [-0.15, -0.1) is 0 Å². The van der Waals surface area contributed by atoms with Crippen molar-refractivity contribution in [2.24, 2.45) is 0 Å². The van der Waals surface area contributed by atoms with E-state index in [2.05, 4.69) is 32.3 Å². The predicted molar refractivity (Wildman–Crippen MR) is 124 cm³/mol. The monoisotopic (exact) mass is 442 g/mol. The molecule has 1 amide bonds. The zero-order valence-corrected chi connectivity index (χ0v) is 18.2. The molecule has 0 aliphatic heterocycles. The van der Waals surface area contributed by atoms with Crippen molar-refractivity contribution in [3.63, 3.8) is 0 Å². The molecule has 2 aromatic carbocycles. The Morgan fingerprint density at radius 2 is 1.91 bits per heavy atom. The summed E-state index contributed by atoms with van der Waals surface area (Å²) in [6.07, 6.45) is 1.72. The topological polar surface area (TPSA) is 98.4 Å². The van der Waals surface area contributed by atoms with Crippen LogP contribution < -0.4 is 19.5 Å². The molecule has 4 rings (SSSR count). The minimum absolute atomic E-state index is 0.173. The van der Waals surface area contributed by atoms with Crippen LogP contribution in [-0.2, 0) is 0 Å². The normalized spacial score (nSPS) is 10.2. The second kappa shape index (κ2) is 10.2. The van der Waals surface area contributed by atoms with Crippen LogP contribution >= 0.6 is 0 Å². The van der Waals surface area contributed by atoms with Crippen molar-refractivity contribution in [2.45, 2.75) is 0 Å². The molecule has 8 heteroatoms. The van der Waals surface area contributed by atoms with Crippen LogP contribution in [0, 0.1) is 11.8 Å². The van der Waals surface area contributed by atoms with Crippen LogP contribution in [0.3, 0.4) is 0 Å². The van der Waals surface area contributed by atoms with Crippen LogP contribution in [0.4, 0.5) is 0 Å². The first-order valence-electron chi connectivity index (χ1n) is 10.2. The van der Waals surface area contributed by atoms with E-state index in [0.29, 0.717) is 34.2 Å². The van der Waals surface area contributed by atoms with Crippen molar-refractivity contribution in [3.05, 3.63) is 66.5 Å². The van der Waals surface area contributed by atoms with Crippen LogP contribution in [0.25, 0.3) is 22.2 Å². The van der Waals surface area contributed by atoms with E-state index in [4.69, 9.17) is 14.2 Å². The van der Waals surface area contributed by atoms with E-state index < -0.39 is 0 Å². The molecule has 2 aromatic heterocycles. The minimum Gasteiger partial charge on any atom is -0.497 e. The van der Waals surface area contributed by atoms with Crippen LogP contribution in [0.1, 0.15) is 10.5 Å². The molecule has 2 heterocycles. The molecular formula is C25H22N4O4. The number of H-pyrrole nitrogens is 1. The molecule has 0 aliphatic rings. The predicted octanol–water partition coefficient (Wildman–Crippen LogP) is 3.45. The third kappa shape index (κ3) is 5.05. The second-order valence-electron chi connectivity index (χ2n) is 6.89. The average molecular weight is 442 g/mol. The van der Waals surface area contributed by atoms with Gasteiger partial charge in [0.05, 0.1) is 26.5 Å². The number of benzene rings is 2. The van der Waals surface area contributed by atoms with Gasteiger partial charge < -0.3 is 19.5 Å². The molecule has 166 valence electrons. The van der Waals surface area contributed by atoms with Gasteiger partial charge in [-0.1, -0.05) is 30.0 Å². The molecule has 0 saturated carbocycles. The van der Waals surface area contributed by atoms with E-state index in [9.17, 15) is 4.79 Å². The summed E-state index contributed by atoms with van der Waals surface area (Å²) in [6.45, 7) is 0.363. The fraction of sp³-hybridized carbons (Fsp3) is 0.160. The number of nitrogens with one attached hydrogen (secondary N) is 2. The number of hydrogen-bond donors (Lipinski definition) is 2. The Hall–Kier alpha value is -4.51. The van der Waals surface area contributed by atoms with Gasteiger partial charge in [-0.2, -0.15) is 5.10 Å². The molecule has 0 atom stereocenters. The highest BCUT2D eigenvalue weighted by molar-refractivity contribution is 5.93. The van der Waals surface area contributed by atoms with Gasteiger partial charge in [0.1, 0.15) is 35.1 Å². The van der Waals surface area contributed by atoms with E-state index in [1.54, 1.807) is 44.7 Å². The fourth-order valence-electron chi connectivity index (χ4n) is 3.23. The Morgan fingerprint density at radius 3 is 2.76 bits per heavy atom. The average Bonchev–Trinajstić information content (AvgIpc) is 3.36. The maximum Gasteiger partial charge on any atom is 0.270 e. The van der Waals surface area contributed by atoms with Crippen molar-refractivity contribution in [1.29, 1.82) is 0 Å². The van der Waals surface area contributed by atoms with Crippen LogP contribution in [0.5, 0.6) is 17.2 Å². The van der Waals surface area contributed by atoms with Gasteiger partial charge in [-0.25, -0.2) is 0 Å². The summed E-state index contributed by atoms with van der Waals surface area (Å²) in [5.74, 6) is 7.42. The first kappa shape index (κ1) is 21.7. The number of fused-ring (bicyclic) bond motifs is 1. The lowest BCUT2D eigenvalue weighted by molar-refractivity contribution is 0.0953. The van der Waals surface area contributed by atoms with Gasteiger partial charge in [0.15, 0.2) is 0 Å². The Bertz CT molecular complexity index is 1330. The number of nitrogens with zero attached hydrogens (tertiary/aromatic N) is 2. The molecule has 8 nitrogen and oxygen atoms in total. The highest BCUT2D eigenvalue weighted by Gasteiger charge is 2.14. The minimum atomic E-state index is -0.316. The summed E-state index contributed by atoms with van der Waals surface area (Å²) in [5.41, 5.74) is 2.39. The van der Waals surface area contributed by atoms with Gasteiger partial charge in [-0.3, -0.25) is 14.9 Å². The quantitative estimate of drug-likeness (QED) is 0.426. The van der Waals surface area contributed by atoms with Gasteiger partial charge in [0, 0.05) is 17.1 Å². The fourth-order valence-corrected chi connectivity index (χ4v) is 3.23. The maximum atomic E-state index is 12.4. The van der Waals surface area contributed by atoms with Crippen molar-refractivity contribution in [1.82, 2.24) is 20.5 Å². The summed E-state index contributed by atoms with van der Waals surface area (Å²) in [6, 6.07) is 16.6. The summed E-state index contributed by atoms with van der Waals surface area (Å²) in [7, 11) is 3.16. The number of hydrogen-bond acceptors (Lipinski definition) is 6. The molecule has 0 aliphatic carbocycles. The van der Waals surface area contributed by atoms with Crippen LogP contribution in [-0.4, -0.2) is 48.5 Å². The number of carbonyl (C=O) groups excluding carboxylic acids is 1. The van der Waals surface area contributed by atoms with Gasteiger partial charge in [0.2, 0.25) is 0 Å². The molecule has 2 N–H and O–H groups in total. The van der Waals surface area contributed by atoms with Crippen LogP contribution in [0.2, 0.25) is 0 Å². The number of pyridine rings is 1. The largest absolute Gasteiger partial charge is 0.497 e. The number of rotatable bonds is 7. The SMILES string of the molecule is COc1ccc(OC)c(-c2cc(C(=O)NCC#CCOc3cccc4cccnc34)[nH]n2)c1. The van der Waals surface area contributed by atoms with E-state index in [0.717, 1.165) is 10.9 Å². The number of amides is 1. The third-order valence-corrected chi connectivity index (χ3v) is 4.86. The van der Waals surface area contributed by atoms with Gasteiger partial charge >= 0.3 is 0 Å². The molecule has 0 bridgehead atoms. The molecule has 0 radical (unpaired) electrons. The molecule has 0 unspecified atom stereocenters. The molecule has 0 fully saturated rings. The van der Waals surface area contributed by atoms with E-state index in [-0.39, 0.29) is 19.1 Å². The van der Waals surface area contributed by atoms with E-state index in [1.165, 1.54) is 0 Å². The van der Waals surface area contributed by atoms with Crippen molar-refractivity contribution in [3.8, 4) is 40.3 Å².